The predicted molar refractivity (Wildman–Crippen MR) is 114 cm³/mol. The first-order chi connectivity index (χ1) is 11.8. The normalized spacial score (nSPS) is 16.5. The van der Waals surface area contributed by atoms with Crippen LogP contribution < -0.4 is 10.6 Å². The van der Waals surface area contributed by atoms with Crippen LogP contribution in [0.4, 0.5) is 0 Å². The number of hydrogen-bond donors (Lipinski definition) is 2. The van der Waals surface area contributed by atoms with Gasteiger partial charge in [-0.25, -0.2) is 0 Å². The molecular weight excluding hydrogens is 433 g/mol. The fraction of sp³-hybridized carbons (Fsp3) is 0.944. The van der Waals surface area contributed by atoms with Crippen molar-refractivity contribution in [3.05, 3.63) is 0 Å². The molecular formula is C18H38IN3O3. The maximum atomic E-state index is 5.58. The molecule has 7 heteroatoms. The molecule has 0 amide bonds. The molecule has 150 valence electrons. The summed E-state index contributed by atoms with van der Waals surface area (Å²) in [5.41, 5.74) is 0.326. The molecule has 0 atom stereocenters. The Morgan fingerprint density at radius 1 is 1.00 bits per heavy atom. The summed E-state index contributed by atoms with van der Waals surface area (Å²) in [5, 5.41) is 6.67. The van der Waals surface area contributed by atoms with E-state index in [1.807, 2.05) is 0 Å². The third-order valence-electron chi connectivity index (χ3n) is 4.53. The van der Waals surface area contributed by atoms with E-state index in [1.165, 1.54) is 25.7 Å². The summed E-state index contributed by atoms with van der Waals surface area (Å²) >= 11 is 0. The van der Waals surface area contributed by atoms with E-state index in [-0.39, 0.29) is 24.0 Å². The zero-order valence-corrected chi connectivity index (χ0v) is 18.6. The minimum absolute atomic E-state index is 0. The lowest BCUT2D eigenvalue weighted by Gasteiger charge is -2.27. The van der Waals surface area contributed by atoms with Crippen LogP contribution in [0.15, 0.2) is 4.99 Å². The predicted octanol–water partition coefficient (Wildman–Crippen LogP) is 2.81. The third kappa shape index (κ3) is 11.2. The molecule has 1 fully saturated rings. The smallest absolute Gasteiger partial charge is 0.191 e. The molecule has 0 spiro atoms. The highest BCUT2D eigenvalue weighted by Gasteiger charge is 2.33. The fourth-order valence-corrected chi connectivity index (χ4v) is 3.12. The average molecular weight is 471 g/mol. The second-order valence-electron chi connectivity index (χ2n) is 6.38. The first-order valence-corrected chi connectivity index (χ1v) is 9.43. The molecule has 25 heavy (non-hydrogen) atoms. The highest BCUT2D eigenvalue weighted by atomic mass is 127. The topological polar surface area (TPSA) is 64.1 Å². The number of guanidine groups is 1. The lowest BCUT2D eigenvalue weighted by atomic mass is 9.83. The summed E-state index contributed by atoms with van der Waals surface area (Å²) in [7, 11) is 1.68. The standard InChI is InChI=1S/C18H37N3O3.HI/c1-4-19-17(20-11-13-24-15-14-22-3)21-16-18(8-6-7-9-18)10-12-23-5-2;/h4-16H2,1-3H3,(H2,19,20,21);1H. The molecule has 6 nitrogen and oxygen atoms in total. The van der Waals surface area contributed by atoms with E-state index in [0.717, 1.165) is 45.2 Å². The van der Waals surface area contributed by atoms with Gasteiger partial charge in [0.15, 0.2) is 5.96 Å². The van der Waals surface area contributed by atoms with Gasteiger partial charge in [0.2, 0.25) is 0 Å². The van der Waals surface area contributed by atoms with E-state index < -0.39 is 0 Å². The summed E-state index contributed by atoms with van der Waals surface area (Å²) in [6, 6.07) is 0. The molecule has 0 aromatic rings. The average Bonchev–Trinajstić information content (AvgIpc) is 3.05. The van der Waals surface area contributed by atoms with Crippen molar-refractivity contribution < 1.29 is 14.2 Å². The number of ether oxygens (including phenoxy) is 3. The molecule has 0 saturated heterocycles. The van der Waals surface area contributed by atoms with Crippen LogP contribution in [0.3, 0.4) is 0 Å². The number of hydrogen-bond acceptors (Lipinski definition) is 4. The van der Waals surface area contributed by atoms with Gasteiger partial charge >= 0.3 is 0 Å². The van der Waals surface area contributed by atoms with Crippen molar-refractivity contribution in [1.82, 2.24) is 10.6 Å². The first kappa shape index (κ1) is 24.9. The van der Waals surface area contributed by atoms with Crippen molar-refractivity contribution in [1.29, 1.82) is 0 Å². The van der Waals surface area contributed by atoms with Gasteiger partial charge < -0.3 is 24.8 Å². The molecule has 1 saturated carbocycles. The van der Waals surface area contributed by atoms with Crippen LogP contribution in [0.2, 0.25) is 0 Å². The van der Waals surface area contributed by atoms with E-state index in [0.29, 0.717) is 25.2 Å². The highest BCUT2D eigenvalue weighted by Crippen LogP contribution is 2.41. The third-order valence-corrected chi connectivity index (χ3v) is 4.53. The second-order valence-corrected chi connectivity index (χ2v) is 6.38. The molecule has 1 aliphatic rings. The Morgan fingerprint density at radius 2 is 1.76 bits per heavy atom. The maximum absolute atomic E-state index is 5.58. The van der Waals surface area contributed by atoms with Gasteiger partial charge in [0.25, 0.3) is 0 Å². The fourth-order valence-electron chi connectivity index (χ4n) is 3.12. The molecule has 2 N–H and O–H groups in total. The largest absolute Gasteiger partial charge is 0.382 e. The summed E-state index contributed by atoms with van der Waals surface area (Å²) in [5.74, 6) is 0.885. The minimum atomic E-state index is 0. The molecule has 0 aromatic carbocycles. The van der Waals surface area contributed by atoms with Crippen LogP contribution in [0.5, 0.6) is 0 Å². The molecule has 0 radical (unpaired) electrons. The summed E-state index contributed by atoms with van der Waals surface area (Å²) in [6.45, 7) is 10.2. The van der Waals surface area contributed by atoms with Gasteiger partial charge in [0, 0.05) is 40.0 Å². The minimum Gasteiger partial charge on any atom is -0.382 e. The maximum Gasteiger partial charge on any atom is 0.191 e. The highest BCUT2D eigenvalue weighted by molar-refractivity contribution is 14.0. The number of methoxy groups -OCH3 is 1. The Bertz CT molecular complexity index is 338. The van der Waals surface area contributed by atoms with Crippen LogP contribution in [0, 0.1) is 5.41 Å². The summed E-state index contributed by atoms with van der Waals surface area (Å²) in [6.07, 6.45) is 6.29. The Labute approximate surface area is 170 Å². The van der Waals surface area contributed by atoms with Gasteiger partial charge in [0.05, 0.1) is 19.8 Å². The first-order valence-electron chi connectivity index (χ1n) is 9.43. The van der Waals surface area contributed by atoms with E-state index in [4.69, 9.17) is 19.2 Å². The van der Waals surface area contributed by atoms with Crippen LogP contribution >= 0.6 is 24.0 Å². The molecule has 0 bridgehead atoms. The van der Waals surface area contributed by atoms with Crippen LogP contribution in [0.1, 0.15) is 46.0 Å². The second kappa shape index (κ2) is 16.1. The van der Waals surface area contributed by atoms with Crippen molar-refractivity contribution in [2.75, 3.05) is 59.8 Å². The van der Waals surface area contributed by atoms with E-state index in [2.05, 4.69) is 24.5 Å². The van der Waals surface area contributed by atoms with Gasteiger partial charge in [0.1, 0.15) is 0 Å². The monoisotopic (exact) mass is 471 g/mol. The molecule has 0 aromatic heterocycles. The van der Waals surface area contributed by atoms with E-state index >= 15 is 0 Å². The Morgan fingerprint density at radius 3 is 2.40 bits per heavy atom. The molecule has 0 unspecified atom stereocenters. The van der Waals surface area contributed by atoms with E-state index in [1.54, 1.807) is 7.11 Å². The Hall–Kier alpha value is -0.120. The van der Waals surface area contributed by atoms with Gasteiger partial charge in [-0.05, 0) is 38.5 Å². The summed E-state index contributed by atoms with van der Waals surface area (Å²) < 4.78 is 16.0. The van der Waals surface area contributed by atoms with Crippen LogP contribution in [0.25, 0.3) is 0 Å². The van der Waals surface area contributed by atoms with Crippen molar-refractivity contribution in [2.24, 2.45) is 10.4 Å². The van der Waals surface area contributed by atoms with Gasteiger partial charge in [-0.3, -0.25) is 4.99 Å². The number of aliphatic imine (C=N–C) groups is 1. The van der Waals surface area contributed by atoms with Crippen molar-refractivity contribution in [3.8, 4) is 0 Å². The van der Waals surface area contributed by atoms with Crippen molar-refractivity contribution in [3.63, 3.8) is 0 Å². The quantitative estimate of drug-likeness (QED) is 0.187. The number of halogens is 1. The molecule has 0 aliphatic heterocycles. The lowest BCUT2D eigenvalue weighted by Crippen LogP contribution is -2.40. The van der Waals surface area contributed by atoms with Gasteiger partial charge in [-0.15, -0.1) is 24.0 Å². The van der Waals surface area contributed by atoms with Crippen LogP contribution in [-0.4, -0.2) is 65.7 Å². The Kier molecular flexibility index (Phi) is 16.0. The Balaban J connectivity index is 0.00000576. The van der Waals surface area contributed by atoms with Gasteiger partial charge in [-0.1, -0.05) is 12.8 Å². The van der Waals surface area contributed by atoms with Crippen molar-refractivity contribution in [2.45, 2.75) is 46.0 Å². The zero-order valence-electron chi connectivity index (χ0n) is 16.3. The van der Waals surface area contributed by atoms with Crippen LogP contribution in [-0.2, 0) is 14.2 Å². The SMILES string of the molecule is CCNC(=NCC1(CCOCC)CCCC1)NCCOCCOC.I. The lowest BCUT2D eigenvalue weighted by molar-refractivity contribution is 0.0733. The van der Waals surface area contributed by atoms with Gasteiger partial charge in [-0.2, -0.15) is 0 Å². The molecule has 1 aliphatic carbocycles. The van der Waals surface area contributed by atoms with Crippen molar-refractivity contribution >= 4 is 29.9 Å². The zero-order chi connectivity index (χ0) is 17.5. The number of rotatable bonds is 13. The molecule has 0 heterocycles. The molecule has 1 rings (SSSR count). The number of nitrogens with zero attached hydrogens (tertiary/aromatic N) is 1. The summed E-state index contributed by atoms with van der Waals surface area (Å²) in [4.78, 5) is 4.84. The number of nitrogens with one attached hydrogen (secondary N) is 2. The van der Waals surface area contributed by atoms with E-state index in [9.17, 15) is 0 Å².